The molecule has 0 aromatic carbocycles. The van der Waals surface area contributed by atoms with Gasteiger partial charge in [0.2, 0.25) is 5.91 Å². The fourth-order valence-electron chi connectivity index (χ4n) is 2.06. The maximum Gasteiger partial charge on any atom is 0.437 e. The SMILES string of the molecule is CN(C(=O)CC(C)(C)C)c1cn(-c2cncnc2)nc1C(F)(F)F. The first-order valence-electron chi connectivity index (χ1n) is 7.18. The van der Waals surface area contributed by atoms with Gasteiger partial charge >= 0.3 is 6.18 Å². The number of aromatic nitrogens is 4. The predicted molar refractivity (Wildman–Crippen MR) is 81.6 cm³/mol. The molecule has 130 valence electrons. The summed E-state index contributed by atoms with van der Waals surface area (Å²) >= 11 is 0. The largest absolute Gasteiger partial charge is 0.437 e. The monoisotopic (exact) mass is 341 g/mol. The Hall–Kier alpha value is -2.45. The molecule has 9 heteroatoms. The molecule has 0 radical (unpaired) electrons. The summed E-state index contributed by atoms with van der Waals surface area (Å²) in [6.07, 6.45) is 0.508. The highest BCUT2D eigenvalue weighted by Gasteiger charge is 2.39. The number of hydrogen-bond acceptors (Lipinski definition) is 4. The molecule has 0 aliphatic rings. The predicted octanol–water partition coefficient (Wildman–Crippen LogP) is 3.08. The molecule has 0 aliphatic heterocycles. The van der Waals surface area contributed by atoms with E-state index >= 15 is 0 Å². The van der Waals surface area contributed by atoms with E-state index in [0.717, 1.165) is 15.8 Å². The second-order valence-electron chi connectivity index (χ2n) is 6.59. The highest BCUT2D eigenvalue weighted by molar-refractivity contribution is 5.93. The summed E-state index contributed by atoms with van der Waals surface area (Å²) < 4.78 is 40.9. The third kappa shape index (κ3) is 4.09. The zero-order valence-electron chi connectivity index (χ0n) is 13.8. The zero-order valence-corrected chi connectivity index (χ0v) is 13.8. The molecule has 2 heterocycles. The molecule has 0 unspecified atom stereocenters. The lowest BCUT2D eigenvalue weighted by molar-refractivity contribution is -0.140. The number of anilines is 1. The first kappa shape index (κ1) is 17.9. The van der Waals surface area contributed by atoms with E-state index < -0.39 is 17.8 Å². The van der Waals surface area contributed by atoms with Gasteiger partial charge in [0.15, 0.2) is 5.69 Å². The van der Waals surface area contributed by atoms with E-state index in [0.29, 0.717) is 0 Å². The maximum absolute atomic E-state index is 13.3. The molecule has 2 rings (SSSR count). The van der Waals surface area contributed by atoms with Crippen LogP contribution in [0.25, 0.3) is 5.69 Å². The van der Waals surface area contributed by atoms with Crippen LogP contribution >= 0.6 is 0 Å². The average molecular weight is 341 g/mol. The molecule has 1 amide bonds. The van der Waals surface area contributed by atoms with Gasteiger partial charge in [-0.3, -0.25) is 4.79 Å². The van der Waals surface area contributed by atoms with Crippen molar-refractivity contribution in [2.45, 2.75) is 33.4 Å². The summed E-state index contributed by atoms with van der Waals surface area (Å²) in [6.45, 7) is 5.52. The van der Waals surface area contributed by atoms with Gasteiger partial charge in [-0.1, -0.05) is 20.8 Å². The van der Waals surface area contributed by atoms with E-state index in [-0.39, 0.29) is 23.2 Å². The quantitative estimate of drug-likeness (QED) is 0.861. The van der Waals surface area contributed by atoms with Crippen LogP contribution in [0.3, 0.4) is 0 Å². The van der Waals surface area contributed by atoms with Gasteiger partial charge in [-0.15, -0.1) is 0 Å². The number of nitrogens with zero attached hydrogens (tertiary/aromatic N) is 5. The molecule has 2 aromatic heterocycles. The van der Waals surface area contributed by atoms with Crippen LogP contribution in [0.5, 0.6) is 0 Å². The summed E-state index contributed by atoms with van der Waals surface area (Å²) in [6, 6.07) is 0. The molecule has 0 saturated carbocycles. The summed E-state index contributed by atoms with van der Waals surface area (Å²) in [4.78, 5) is 20.8. The number of carbonyl (C=O) groups is 1. The molecule has 0 bridgehead atoms. The van der Waals surface area contributed by atoms with E-state index in [1.807, 2.05) is 20.8 Å². The fraction of sp³-hybridized carbons (Fsp3) is 0.467. The molecule has 0 aliphatic carbocycles. The normalized spacial score (nSPS) is 12.3. The van der Waals surface area contributed by atoms with Gasteiger partial charge in [-0.25, -0.2) is 14.6 Å². The third-order valence-corrected chi connectivity index (χ3v) is 3.19. The molecule has 0 saturated heterocycles. The molecule has 0 spiro atoms. The Kier molecular flexibility index (Phi) is 4.63. The van der Waals surface area contributed by atoms with E-state index in [9.17, 15) is 18.0 Å². The van der Waals surface area contributed by atoms with Crippen molar-refractivity contribution in [1.82, 2.24) is 19.7 Å². The molecule has 0 N–H and O–H groups in total. The Morgan fingerprint density at radius 2 is 1.79 bits per heavy atom. The smallest absolute Gasteiger partial charge is 0.312 e. The first-order valence-corrected chi connectivity index (χ1v) is 7.18. The minimum absolute atomic E-state index is 0.112. The number of alkyl halides is 3. The molecular formula is C15H18F3N5O. The molecule has 24 heavy (non-hydrogen) atoms. The van der Waals surface area contributed by atoms with Crippen molar-refractivity contribution >= 4 is 11.6 Å². The van der Waals surface area contributed by atoms with E-state index in [1.54, 1.807) is 0 Å². The van der Waals surface area contributed by atoms with Crippen molar-refractivity contribution in [3.05, 3.63) is 30.6 Å². The van der Waals surface area contributed by atoms with Crippen LogP contribution in [-0.4, -0.2) is 32.7 Å². The minimum Gasteiger partial charge on any atom is -0.312 e. The van der Waals surface area contributed by atoms with Gasteiger partial charge in [0.05, 0.1) is 24.3 Å². The van der Waals surface area contributed by atoms with Crippen LogP contribution in [0.2, 0.25) is 0 Å². The first-order chi connectivity index (χ1) is 11.0. The standard InChI is InChI=1S/C15H18F3N5O/c1-14(2,3)5-12(24)22(4)11-8-23(10-6-19-9-20-7-10)21-13(11)15(16,17)18/h6-9H,5H2,1-4H3. The topological polar surface area (TPSA) is 63.9 Å². The van der Waals surface area contributed by atoms with Crippen LogP contribution in [0, 0.1) is 5.41 Å². The van der Waals surface area contributed by atoms with Crippen molar-refractivity contribution in [3.8, 4) is 5.69 Å². The van der Waals surface area contributed by atoms with Crippen molar-refractivity contribution in [3.63, 3.8) is 0 Å². The number of carbonyl (C=O) groups excluding carboxylic acids is 1. The van der Waals surface area contributed by atoms with Crippen LogP contribution in [0.15, 0.2) is 24.9 Å². The summed E-state index contributed by atoms with van der Waals surface area (Å²) in [7, 11) is 1.31. The number of rotatable bonds is 3. The Bertz CT molecular complexity index is 719. The molecule has 0 atom stereocenters. The van der Waals surface area contributed by atoms with E-state index in [4.69, 9.17) is 0 Å². The lowest BCUT2D eigenvalue weighted by atomic mass is 9.91. The second-order valence-corrected chi connectivity index (χ2v) is 6.59. The average Bonchev–Trinajstić information content (AvgIpc) is 2.90. The van der Waals surface area contributed by atoms with Crippen molar-refractivity contribution in [1.29, 1.82) is 0 Å². The summed E-state index contributed by atoms with van der Waals surface area (Å²) in [5, 5.41) is 3.57. The highest BCUT2D eigenvalue weighted by Crippen LogP contribution is 2.36. The van der Waals surface area contributed by atoms with Gasteiger partial charge < -0.3 is 4.90 Å². The Morgan fingerprint density at radius 3 is 2.29 bits per heavy atom. The number of amides is 1. The fourth-order valence-corrected chi connectivity index (χ4v) is 2.06. The van der Waals surface area contributed by atoms with Crippen LogP contribution in [0.1, 0.15) is 32.9 Å². The summed E-state index contributed by atoms with van der Waals surface area (Å²) in [5.41, 5.74) is -1.50. The van der Waals surface area contributed by atoms with Gasteiger partial charge in [0, 0.05) is 13.5 Å². The highest BCUT2D eigenvalue weighted by atomic mass is 19.4. The van der Waals surface area contributed by atoms with Crippen molar-refractivity contribution < 1.29 is 18.0 Å². The van der Waals surface area contributed by atoms with Crippen molar-refractivity contribution in [2.75, 3.05) is 11.9 Å². The van der Waals surface area contributed by atoms with Gasteiger partial charge in [-0.05, 0) is 5.41 Å². The zero-order chi connectivity index (χ0) is 18.1. The van der Waals surface area contributed by atoms with Gasteiger partial charge in [-0.2, -0.15) is 18.3 Å². The van der Waals surface area contributed by atoms with Gasteiger partial charge in [0.1, 0.15) is 12.0 Å². The lowest BCUT2D eigenvalue weighted by Crippen LogP contribution is -2.31. The number of halogens is 3. The van der Waals surface area contributed by atoms with Crippen LogP contribution in [0.4, 0.5) is 18.9 Å². The van der Waals surface area contributed by atoms with Crippen LogP contribution < -0.4 is 4.90 Å². The van der Waals surface area contributed by atoms with E-state index in [1.165, 1.54) is 25.8 Å². The lowest BCUT2D eigenvalue weighted by Gasteiger charge is -2.23. The Morgan fingerprint density at radius 1 is 1.21 bits per heavy atom. The number of hydrogen-bond donors (Lipinski definition) is 0. The third-order valence-electron chi connectivity index (χ3n) is 3.19. The second kappa shape index (κ2) is 6.21. The molecule has 0 fully saturated rings. The molecular weight excluding hydrogens is 323 g/mol. The Balaban J connectivity index is 2.45. The Labute approximate surface area is 137 Å². The van der Waals surface area contributed by atoms with Crippen LogP contribution in [-0.2, 0) is 11.0 Å². The van der Waals surface area contributed by atoms with E-state index in [2.05, 4.69) is 15.1 Å². The van der Waals surface area contributed by atoms with Crippen molar-refractivity contribution in [2.24, 2.45) is 5.41 Å². The maximum atomic E-state index is 13.3. The molecule has 6 nitrogen and oxygen atoms in total. The van der Waals surface area contributed by atoms with Gasteiger partial charge in [0.25, 0.3) is 0 Å². The minimum atomic E-state index is -4.69. The molecule has 2 aromatic rings. The summed E-state index contributed by atoms with van der Waals surface area (Å²) in [5.74, 6) is -0.420.